The van der Waals surface area contributed by atoms with Gasteiger partial charge in [-0.15, -0.1) is 0 Å². The lowest BCUT2D eigenvalue weighted by molar-refractivity contribution is 0.00194. The largest absolute Gasteiger partial charge is 0.442 e. The zero-order chi connectivity index (χ0) is 17.0. The van der Waals surface area contributed by atoms with E-state index in [-0.39, 0.29) is 6.10 Å². The minimum Gasteiger partial charge on any atom is -0.442 e. The van der Waals surface area contributed by atoms with Gasteiger partial charge < -0.3 is 14.8 Å². The smallest absolute Gasteiger partial charge is 0.429 e. The van der Waals surface area contributed by atoms with Crippen molar-refractivity contribution in [2.75, 3.05) is 18.2 Å². The van der Waals surface area contributed by atoms with Crippen molar-refractivity contribution in [2.24, 2.45) is 5.84 Å². The van der Waals surface area contributed by atoms with Crippen molar-refractivity contribution in [2.45, 2.75) is 51.9 Å². The van der Waals surface area contributed by atoms with Crippen LogP contribution in [0.5, 0.6) is 0 Å². The lowest BCUT2D eigenvalue weighted by Crippen LogP contribution is -2.47. The number of nitrogens with two attached hydrogens (primary N) is 1. The van der Waals surface area contributed by atoms with Gasteiger partial charge in [-0.25, -0.2) is 15.6 Å². The fraction of sp³-hybridized carbons (Fsp3) is 0.588. The van der Waals surface area contributed by atoms with Crippen LogP contribution in [0.2, 0.25) is 0 Å². The molecule has 0 saturated carbocycles. The minimum absolute atomic E-state index is 0.162. The molecule has 1 amide bonds. The zero-order valence-corrected chi connectivity index (χ0v) is 14.3. The minimum atomic E-state index is -0.573. The Balaban J connectivity index is 1.97. The first-order valence-electron chi connectivity index (χ1n) is 7.98. The number of carbonyl (C=O) groups excluding carboxylic acids is 1. The molecule has 1 aliphatic heterocycles. The molecule has 0 aromatic heterocycles. The molecule has 2 unspecified atom stereocenters. The van der Waals surface area contributed by atoms with Crippen LogP contribution in [-0.2, 0) is 15.9 Å². The fourth-order valence-electron chi connectivity index (χ4n) is 2.45. The Kier molecular flexibility index (Phi) is 5.62. The summed E-state index contributed by atoms with van der Waals surface area (Å²) < 4.78 is 11.0. The highest BCUT2D eigenvalue weighted by molar-refractivity contribution is 5.86. The highest BCUT2D eigenvalue weighted by Gasteiger charge is 2.23. The van der Waals surface area contributed by atoms with Gasteiger partial charge in [0.05, 0.1) is 18.4 Å². The number of nitrogens with zero attached hydrogens (tertiary/aromatic N) is 1. The first kappa shape index (κ1) is 17.7. The lowest BCUT2D eigenvalue weighted by atomic mass is 10.0. The molecule has 0 aliphatic carbocycles. The summed E-state index contributed by atoms with van der Waals surface area (Å²) in [5, 5.41) is 4.43. The van der Waals surface area contributed by atoms with Gasteiger partial charge in [0.2, 0.25) is 0 Å². The molecule has 2 atom stereocenters. The van der Waals surface area contributed by atoms with E-state index in [9.17, 15) is 4.79 Å². The second kappa shape index (κ2) is 7.29. The average molecular weight is 321 g/mol. The molecular formula is C17H27N3O3. The first-order valence-corrected chi connectivity index (χ1v) is 7.98. The number of ether oxygens (including phenoxy) is 2. The van der Waals surface area contributed by atoms with Crippen LogP contribution in [0.1, 0.15) is 33.3 Å². The van der Waals surface area contributed by atoms with E-state index in [1.165, 1.54) is 0 Å². The Morgan fingerprint density at radius 1 is 1.39 bits per heavy atom. The van der Waals surface area contributed by atoms with E-state index in [1.807, 2.05) is 24.3 Å². The Morgan fingerprint density at radius 2 is 2.04 bits per heavy atom. The molecule has 1 saturated heterocycles. The quantitative estimate of drug-likeness (QED) is 0.507. The number of nitrogens with one attached hydrogen (secondary N) is 1. The third kappa shape index (κ3) is 5.20. The van der Waals surface area contributed by atoms with Gasteiger partial charge in [-0.3, -0.25) is 0 Å². The molecule has 1 heterocycles. The molecule has 6 heteroatoms. The third-order valence-corrected chi connectivity index (χ3v) is 3.70. The van der Waals surface area contributed by atoms with Crippen molar-refractivity contribution >= 4 is 11.8 Å². The van der Waals surface area contributed by atoms with Gasteiger partial charge in [-0.1, -0.05) is 12.1 Å². The van der Waals surface area contributed by atoms with E-state index >= 15 is 0 Å². The van der Waals surface area contributed by atoms with Crippen LogP contribution in [0.4, 0.5) is 10.5 Å². The first-order chi connectivity index (χ1) is 10.8. The summed E-state index contributed by atoms with van der Waals surface area (Å²) in [5.74, 6) is 5.83. The maximum absolute atomic E-state index is 12.0. The van der Waals surface area contributed by atoms with Crippen LogP contribution in [0.3, 0.4) is 0 Å². The molecule has 1 aliphatic rings. The van der Waals surface area contributed by atoms with E-state index in [0.29, 0.717) is 11.7 Å². The molecule has 0 bridgehead atoms. The van der Waals surface area contributed by atoms with Gasteiger partial charge in [0.15, 0.2) is 0 Å². The lowest BCUT2D eigenvalue weighted by Gasteiger charge is -2.30. The second-order valence-corrected chi connectivity index (χ2v) is 6.87. The number of hydrogen-bond acceptors (Lipinski definition) is 5. The summed E-state index contributed by atoms with van der Waals surface area (Å²) in [4.78, 5) is 12.0. The fourth-order valence-corrected chi connectivity index (χ4v) is 2.45. The van der Waals surface area contributed by atoms with Crippen LogP contribution in [0.25, 0.3) is 0 Å². The maximum atomic E-state index is 12.0. The normalized spacial score (nSPS) is 21.8. The van der Waals surface area contributed by atoms with Crippen molar-refractivity contribution < 1.29 is 14.3 Å². The molecule has 1 aromatic rings. The Morgan fingerprint density at radius 3 is 2.61 bits per heavy atom. The van der Waals surface area contributed by atoms with Gasteiger partial charge >= 0.3 is 6.09 Å². The highest BCUT2D eigenvalue weighted by atomic mass is 16.6. The number of hydrazine groups is 1. The van der Waals surface area contributed by atoms with E-state index < -0.39 is 11.7 Å². The number of amides is 1. The number of morpholine rings is 1. The van der Waals surface area contributed by atoms with E-state index in [2.05, 4.69) is 12.2 Å². The zero-order valence-electron chi connectivity index (χ0n) is 14.3. The Bertz CT molecular complexity index is 525. The standard InChI is InChI=1S/C17H27N3O3/c1-12-15(22-10-9-19-12)11-13-5-7-14(8-6-13)20(18)16(21)23-17(2,3)4/h5-8,12,15,19H,9-11,18H2,1-4H3. The van der Waals surface area contributed by atoms with Crippen LogP contribution in [0.15, 0.2) is 24.3 Å². The number of rotatable bonds is 3. The molecule has 0 spiro atoms. The molecule has 3 N–H and O–H groups in total. The van der Waals surface area contributed by atoms with Crippen LogP contribution in [-0.4, -0.2) is 37.0 Å². The van der Waals surface area contributed by atoms with Crippen molar-refractivity contribution in [1.82, 2.24) is 5.32 Å². The Labute approximate surface area is 137 Å². The van der Waals surface area contributed by atoms with Crippen LogP contribution >= 0.6 is 0 Å². The van der Waals surface area contributed by atoms with E-state index in [0.717, 1.165) is 30.1 Å². The van der Waals surface area contributed by atoms with E-state index in [1.54, 1.807) is 20.8 Å². The predicted molar refractivity (Wildman–Crippen MR) is 90.3 cm³/mol. The summed E-state index contributed by atoms with van der Waals surface area (Å²) in [7, 11) is 0. The molecule has 128 valence electrons. The molecule has 1 fully saturated rings. The second-order valence-electron chi connectivity index (χ2n) is 6.87. The molecule has 2 rings (SSSR count). The average Bonchev–Trinajstić information content (AvgIpc) is 2.48. The van der Waals surface area contributed by atoms with Crippen molar-refractivity contribution in [3.05, 3.63) is 29.8 Å². The number of anilines is 1. The van der Waals surface area contributed by atoms with Gasteiger partial charge in [0, 0.05) is 19.0 Å². The summed E-state index contributed by atoms with van der Waals surface area (Å²) in [6, 6.07) is 7.89. The van der Waals surface area contributed by atoms with Crippen molar-refractivity contribution in [3.63, 3.8) is 0 Å². The summed E-state index contributed by atoms with van der Waals surface area (Å²) in [6.07, 6.45) is 0.416. The molecule has 6 nitrogen and oxygen atoms in total. The number of hydrogen-bond donors (Lipinski definition) is 2. The summed E-state index contributed by atoms with van der Waals surface area (Å²) in [6.45, 7) is 9.18. The highest BCUT2D eigenvalue weighted by Crippen LogP contribution is 2.18. The van der Waals surface area contributed by atoms with Gasteiger partial charge in [0.1, 0.15) is 5.60 Å². The third-order valence-electron chi connectivity index (χ3n) is 3.70. The van der Waals surface area contributed by atoms with Crippen molar-refractivity contribution in [3.8, 4) is 0 Å². The topological polar surface area (TPSA) is 76.8 Å². The molecular weight excluding hydrogens is 294 g/mol. The number of benzene rings is 1. The van der Waals surface area contributed by atoms with Gasteiger partial charge in [-0.05, 0) is 45.4 Å². The van der Waals surface area contributed by atoms with Crippen molar-refractivity contribution in [1.29, 1.82) is 0 Å². The Hall–Kier alpha value is -1.63. The summed E-state index contributed by atoms with van der Waals surface area (Å²) >= 11 is 0. The van der Waals surface area contributed by atoms with Crippen LogP contribution in [0, 0.1) is 0 Å². The SMILES string of the molecule is CC1NCCOC1Cc1ccc(N(N)C(=O)OC(C)(C)C)cc1. The summed E-state index contributed by atoms with van der Waals surface area (Å²) in [5.41, 5.74) is 1.17. The van der Waals surface area contributed by atoms with Gasteiger partial charge in [0.25, 0.3) is 0 Å². The monoisotopic (exact) mass is 321 g/mol. The van der Waals surface area contributed by atoms with Crippen LogP contribution < -0.4 is 16.2 Å². The maximum Gasteiger partial charge on any atom is 0.429 e. The van der Waals surface area contributed by atoms with E-state index in [4.69, 9.17) is 15.3 Å². The predicted octanol–water partition coefficient (Wildman–Crippen LogP) is 2.22. The molecule has 23 heavy (non-hydrogen) atoms. The number of carbonyl (C=O) groups is 1. The molecule has 1 aromatic carbocycles. The van der Waals surface area contributed by atoms with Gasteiger partial charge in [-0.2, -0.15) is 0 Å². The molecule has 0 radical (unpaired) electrons.